The van der Waals surface area contributed by atoms with Crippen molar-refractivity contribution >= 4 is 22.1 Å². The van der Waals surface area contributed by atoms with Gasteiger partial charge in [0.1, 0.15) is 5.76 Å². The highest BCUT2D eigenvalue weighted by molar-refractivity contribution is 5.98. The maximum atomic E-state index is 6.23. The lowest BCUT2D eigenvalue weighted by Gasteiger charge is -2.17. The summed E-state index contributed by atoms with van der Waals surface area (Å²) in [6.07, 6.45) is 6.09. The van der Waals surface area contributed by atoms with Gasteiger partial charge in [0.2, 0.25) is 0 Å². The first-order valence-electron chi connectivity index (χ1n) is 6.65. The molecule has 3 rings (SSSR count). The molecule has 0 bridgehead atoms. The number of rotatable bonds is 4. The predicted octanol–water partition coefficient (Wildman–Crippen LogP) is 3.45. The van der Waals surface area contributed by atoms with Gasteiger partial charge in [-0.2, -0.15) is 0 Å². The summed E-state index contributed by atoms with van der Waals surface area (Å²) in [5.41, 5.74) is 7.93. The normalized spacial score (nSPS) is 12.4. The molecule has 2 heterocycles. The fourth-order valence-electron chi connectivity index (χ4n) is 2.37. The van der Waals surface area contributed by atoms with Crippen LogP contribution in [0.5, 0.6) is 0 Å². The molecule has 0 fully saturated rings. The van der Waals surface area contributed by atoms with E-state index < -0.39 is 0 Å². The molecule has 4 nitrogen and oxygen atoms in total. The Morgan fingerprint density at radius 1 is 1.30 bits per heavy atom. The number of nitrogen functional groups attached to an aromatic ring is 1. The molecule has 1 aromatic carbocycles. The topological polar surface area (TPSA) is 64.1 Å². The molecule has 0 aliphatic carbocycles. The van der Waals surface area contributed by atoms with Crippen molar-refractivity contribution in [2.24, 2.45) is 0 Å². The molecule has 0 saturated heterocycles. The third kappa shape index (κ3) is 2.45. The van der Waals surface area contributed by atoms with Crippen LogP contribution in [0.2, 0.25) is 0 Å². The fraction of sp³-hybridized carbons (Fsp3) is 0.188. The van der Waals surface area contributed by atoms with Crippen LogP contribution in [-0.4, -0.2) is 11.0 Å². The number of pyridine rings is 1. The Labute approximate surface area is 117 Å². The van der Waals surface area contributed by atoms with Crippen molar-refractivity contribution in [3.8, 4) is 0 Å². The molecule has 20 heavy (non-hydrogen) atoms. The highest BCUT2D eigenvalue weighted by Crippen LogP contribution is 2.28. The molecular formula is C16H17N3O. The number of nitrogens with zero attached hydrogens (tertiary/aromatic N) is 1. The Kier molecular flexibility index (Phi) is 3.29. The standard InChI is InChI=1S/C16H17N3O/c1-11(9-13-3-2-8-20-13)19-15-5-4-12-10-18-7-6-14(12)16(15)17/h2-8,10-11,19H,9,17H2,1H3. The zero-order valence-electron chi connectivity index (χ0n) is 11.3. The molecule has 0 saturated carbocycles. The van der Waals surface area contributed by atoms with E-state index in [1.807, 2.05) is 36.5 Å². The van der Waals surface area contributed by atoms with Gasteiger partial charge in [0, 0.05) is 35.6 Å². The highest BCUT2D eigenvalue weighted by Gasteiger charge is 2.09. The maximum Gasteiger partial charge on any atom is 0.105 e. The van der Waals surface area contributed by atoms with Crippen LogP contribution in [-0.2, 0) is 6.42 Å². The van der Waals surface area contributed by atoms with Gasteiger partial charge in [0.15, 0.2) is 0 Å². The summed E-state index contributed by atoms with van der Waals surface area (Å²) in [7, 11) is 0. The number of aromatic nitrogens is 1. The highest BCUT2D eigenvalue weighted by atomic mass is 16.3. The second kappa shape index (κ2) is 5.25. The first-order valence-corrected chi connectivity index (χ1v) is 6.65. The first kappa shape index (κ1) is 12.5. The van der Waals surface area contributed by atoms with E-state index in [1.54, 1.807) is 12.5 Å². The lowest BCUT2D eigenvalue weighted by Crippen LogP contribution is -2.18. The van der Waals surface area contributed by atoms with E-state index in [0.29, 0.717) is 0 Å². The molecule has 0 aliphatic rings. The first-order chi connectivity index (χ1) is 9.74. The average Bonchev–Trinajstić information content (AvgIpc) is 2.95. The van der Waals surface area contributed by atoms with Crippen LogP contribution in [0.25, 0.3) is 10.8 Å². The molecule has 0 aliphatic heterocycles. The molecular weight excluding hydrogens is 250 g/mol. The number of nitrogens with one attached hydrogen (secondary N) is 1. The molecule has 0 spiro atoms. The molecule has 102 valence electrons. The number of fused-ring (bicyclic) bond motifs is 1. The summed E-state index contributed by atoms with van der Waals surface area (Å²) in [6, 6.07) is 10.1. The molecule has 3 aromatic rings. The fourth-order valence-corrected chi connectivity index (χ4v) is 2.37. The quantitative estimate of drug-likeness (QED) is 0.711. The van der Waals surface area contributed by atoms with Crippen LogP contribution in [0.3, 0.4) is 0 Å². The lowest BCUT2D eigenvalue weighted by atomic mass is 10.1. The molecule has 4 heteroatoms. The summed E-state index contributed by atoms with van der Waals surface area (Å²) in [4.78, 5) is 4.11. The Bertz CT molecular complexity index is 707. The third-order valence-corrected chi connectivity index (χ3v) is 3.35. The van der Waals surface area contributed by atoms with Crippen molar-refractivity contribution in [3.05, 3.63) is 54.7 Å². The maximum absolute atomic E-state index is 6.23. The van der Waals surface area contributed by atoms with Crippen LogP contribution in [0, 0.1) is 0 Å². The molecule has 3 N–H and O–H groups in total. The van der Waals surface area contributed by atoms with Crippen molar-refractivity contribution in [2.45, 2.75) is 19.4 Å². The summed E-state index contributed by atoms with van der Waals surface area (Å²) < 4.78 is 5.36. The van der Waals surface area contributed by atoms with Crippen LogP contribution in [0.4, 0.5) is 11.4 Å². The number of furan rings is 1. The van der Waals surface area contributed by atoms with Gasteiger partial charge in [-0.15, -0.1) is 0 Å². The van der Waals surface area contributed by atoms with Gasteiger partial charge in [-0.1, -0.05) is 6.07 Å². The second-order valence-corrected chi connectivity index (χ2v) is 4.95. The molecule has 2 aromatic heterocycles. The van der Waals surface area contributed by atoms with Crippen LogP contribution >= 0.6 is 0 Å². The minimum atomic E-state index is 0.239. The van der Waals surface area contributed by atoms with Crippen LogP contribution < -0.4 is 11.1 Å². The van der Waals surface area contributed by atoms with Gasteiger partial charge in [-0.25, -0.2) is 0 Å². The number of anilines is 2. The summed E-state index contributed by atoms with van der Waals surface area (Å²) >= 11 is 0. The average molecular weight is 267 g/mol. The zero-order chi connectivity index (χ0) is 13.9. The molecule has 1 atom stereocenters. The Morgan fingerprint density at radius 2 is 2.20 bits per heavy atom. The van der Waals surface area contributed by atoms with Gasteiger partial charge in [0.25, 0.3) is 0 Å². The van der Waals surface area contributed by atoms with Crippen LogP contribution in [0.1, 0.15) is 12.7 Å². The smallest absolute Gasteiger partial charge is 0.105 e. The minimum Gasteiger partial charge on any atom is -0.469 e. The van der Waals surface area contributed by atoms with E-state index in [4.69, 9.17) is 10.2 Å². The van der Waals surface area contributed by atoms with E-state index in [0.717, 1.165) is 34.3 Å². The third-order valence-electron chi connectivity index (χ3n) is 3.35. The number of hydrogen-bond acceptors (Lipinski definition) is 4. The van der Waals surface area contributed by atoms with Gasteiger partial charge < -0.3 is 15.5 Å². The van der Waals surface area contributed by atoms with E-state index in [1.165, 1.54) is 0 Å². The summed E-state index contributed by atoms with van der Waals surface area (Å²) in [6.45, 7) is 2.11. The monoisotopic (exact) mass is 267 g/mol. The van der Waals surface area contributed by atoms with Crippen molar-refractivity contribution in [1.82, 2.24) is 4.98 Å². The van der Waals surface area contributed by atoms with Crippen molar-refractivity contribution in [2.75, 3.05) is 11.1 Å². The van der Waals surface area contributed by atoms with Crippen molar-refractivity contribution < 1.29 is 4.42 Å². The van der Waals surface area contributed by atoms with E-state index in [-0.39, 0.29) is 6.04 Å². The summed E-state index contributed by atoms with van der Waals surface area (Å²) in [5.74, 6) is 0.966. The Hall–Kier alpha value is -2.49. The largest absolute Gasteiger partial charge is 0.469 e. The van der Waals surface area contributed by atoms with Gasteiger partial charge in [-0.3, -0.25) is 4.98 Å². The number of nitrogens with two attached hydrogens (primary N) is 1. The Balaban J connectivity index is 1.82. The van der Waals surface area contributed by atoms with Gasteiger partial charge in [0.05, 0.1) is 17.6 Å². The van der Waals surface area contributed by atoms with Crippen molar-refractivity contribution in [1.29, 1.82) is 0 Å². The minimum absolute atomic E-state index is 0.239. The number of hydrogen-bond donors (Lipinski definition) is 2. The van der Waals surface area contributed by atoms with Gasteiger partial charge >= 0.3 is 0 Å². The van der Waals surface area contributed by atoms with E-state index in [9.17, 15) is 0 Å². The number of benzene rings is 1. The molecule has 1 unspecified atom stereocenters. The van der Waals surface area contributed by atoms with Crippen LogP contribution in [0.15, 0.2) is 53.4 Å². The van der Waals surface area contributed by atoms with E-state index >= 15 is 0 Å². The van der Waals surface area contributed by atoms with Gasteiger partial charge in [-0.05, 0) is 31.2 Å². The van der Waals surface area contributed by atoms with E-state index in [2.05, 4.69) is 17.2 Å². The second-order valence-electron chi connectivity index (χ2n) is 4.95. The molecule has 0 amide bonds. The summed E-state index contributed by atoms with van der Waals surface area (Å²) in [5, 5.41) is 5.51. The Morgan fingerprint density at radius 3 is 3.00 bits per heavy atom. The predicted molar refractivity (Wildman–Crippen MR) is 81.7 cm³/mol. The van der Waals surface area contributed by atoms with Crippen molar-refractivity contribution in [3.63, 3.8) is 0 Å². The lowest BCUT2D eigenvalue weighted by molar-refractivity contribution is 0.498. The zero-order valence-corrected chi connectivity index (χ0v) is 11.3. The SMILES string of the molecule is CC(Cc1ccco1)Nc1ccc2cnccc2c1N. The molecule has 0 radical (unpaired) electrons.